The zero-order chi connectivity index (χ0) is 22.9. The number of amides is 3. The van der Waals surface area contributed by atoms with E-state index in [0.29, 0.717) is 32.6 Å². The third-order valence-electron chi connectivity index (χ3n) is 5.48. The Balaban J connectivity index is 1.55. The van der Waals surface area contributed by atoms with Crippen molar-refractivity contribution in [3.05, 3.63) is 0 Å². The topological polar surface area (TPSA) is 153 Å². The molecule has 11 nitrogen and oxygen atoms in total. The van der Waals surface area contributed by atoms with Crippen molar-refractivity contribution in [2.75, 3.05) is 13.1 Å². The van der Waals surface area contributed by atoms with E-state index in [4.69, 9.17) is 15.2 Å². The van der Waals surface area contributed by atoms with E-state index in [0.717, 1.165) is 0 Å². The normalized spacial score (nSPS) is 21.9. The Morgan fingerprint density at radius 3 is 2.52 bits per heavy atom. The minimum Gasteiger partial charge on any atom is -0.449 e. The van der Waals surface area contributed by atoms with Gasteiger partial charge in [-0.15, -0.1) is 0 Å². The number of rotatable bonds is 5. The first kappa shape index (κ1) is 22.5. The van der Waals surface area contributed by atoms with Gasteiger partial charge in [-0.25, -0.2) is 18.4 Å². The first-order chi connectivity index (χ1) is 14.4. The molecule has 31 heavy (non-hydrogen) atoms. The van der Waals surface area contributed by atoms with Crippen LogP contribution in [0.5, 0.6) is 0 Å². The molecule has 3 amide bonds. The Bertz CT molecular complexity index is 824. The number of nitriles is 1. The van der Waals surface area contributed by atoms with Crippen LogP contribution in [0.1, 0.15) is 45.4 Å². The lowest BCUT2D eigenvalue weighted by Crippen LogP contribution is -2.56. The molecule has 0 bridgehead atoms. The van der Waals surface area contributed by atoms with E-state index in [1.807, 2.05) is 6.07 Å². The van der Waals surface area contributed by atoms with Gasteiger partial charge in [-0.3, -0.25) is 4.79 Å². The second-order valence-corrected chi connectivity index (χ2v) is 8.25. The maximum Gasteiger partial charge on any atom is 0.512 e. The van der Waals surface area contributed by atoms with E-state index in [-0.39, 0.29) is 25.4 Å². The average Bonchev–Trinajstić information content (AvgIpc) is 3.35. The molecule has 1 saturated heterocycles. The predicted molar refractivity (Wildman–Crippen MR) is 99.1 cm³/mol. The lowest BCUT2D eigenvalue weighted by molar-refractivity contribution is -0.126. The predicted octanol–water partition coefficient (Wildman–Crippen LogP) is 1.55. The smallest absolute Gasteiger partial charge is 0.449 e. The number of halogens is 2. The van der Waals surface area contributed by atoms with E-state index in [1.54, 1.807) is 0 Å². The summed E-state index contributed by atoms with van der Waals surface area (Å²) in [5.74, 6) is -4.11. The van der Waals surface area contributed by atoms with E-state index in [2.05, 4.69) is 20.5 Å². The molecule has 0 radical (unpaired) electrons. The number of hydrogen-bond donors (Lipinski definition) is 3. The Morgan fingerprint density at radius 1 is 1.35 bits per heavy atom. The summed E-state index contributed by atoms with van der Waals surface area (Å²) in [5.41, 5.74) is -1.84. The van der Waals surface area contributed by atoms with Crippen LogP contribution in [0, 0.1) is 11.3 Å². The van der Waals surface area contributed by atoms with Crippen molar-refractivity contribution in [1.29, 1.82) is 5.26 Å². The van der Waals surface area contributed by atoms with Gasteiger partial charge in [0.1, 0.15) is 17.2 Å². The summed E-state index contributed by atoms with van der Waals surface area (Å²) in [6.45, 7) is 1.01. The number of alkyl halides is 2. The van der Waals surface area contributed by atoms with Crippen molar-refractivity contribution in [1.82, 2.24) is 15.5 Å². The number of piperidine rings is 1. The van der Waals surface area contributed by atoms with Gasteiger partial charge in [-0.05, 0) is 19.8 Å². The number of carbonyl (C=O) groups excluding carboxylic acids is 2. The number of urea groups is 1. The number of hydrogen-bond acceptors (Lipinski definition) is 7. The van der Waals surface area contributed by atoms with Crippen LogP contribution in [0.15, 0.2) is 5.16 Å². The van der Waals surface area contributed by atoms with Crippen molar-refractivity contribution in [2.45, 2.75) is 68.6 Å². The Hall–Kier alpha value is -3.17. The van der Waals surface area contributed by atoms with Crippen LogP contribution in [0.3, 0.4) is 0 Å². The molecule has 0 aromatic rings. The van der Waals surface area contributed by atoms with Crippen molar-refractivity contribution in [3.8, 4) is 6.07 Å². The Morgan fingerprint density at radius 2 is 2.00 bits per heavy atom. The molecule has 0 aromatic heterocycles. The fourth-order valence-electron chi connectivity index (χ4n) is 3.55. The summed E-state index contributed by atoms with van der Waals surface area (Å²) in [5, 5.41) is 26.2. The number of nitrogens with zero attached hydrogens (tertiary/aromatic N) is 3. The number of ether oxygens (including phenoxy) is 1. The Kier molecular flexibility index (Phi) is 5.93. The van der Waals surface area contributed by atoms with Gasteiger partial charge >= 0.3 is 12.2 Å². The monoisotopic (exact) mass is 443 g/mol. The van der Waals surface area contributed by atoms with Gasteiger partial charge in [0.05, 0.1) is 12.5 Å². The van der Waals surface area contributed by atoms with E-state index >= 15 is 0 Å². The van der Waals surface area contributed by atoms with Crippen LogP contribution >= 0.6 is 0 Å². The molecule has 1 aliphatic carbocycles. The minimum atomic E-state index is -3.21. The van der Waals surface area contributed by atoms with Crippen LogP contribution in [-0.2, 0) is 14.4 Å². The molecule has 13 heteroatoms. The highest BCUT2D eigenvalue weighted by molar-refractivity contribution is 5.88. The molecule has 1 atom stereocenters. The lowest BCUT2D eigenvalue weighted by atomic mass is 9.88. The molecule has 3 rings (SSSR count). The van der Waals surface area contributed by atoms with Crippen molar-refractivity contribution >= 4 is 24.0 Å². The SMILES string of the molecule is CC(F)(F)C[C@H](NC(=O)N1CCC2(CC1)CC(OC(=O)O)=NO2)C(=O)NC1(C#N)CC1. The summed E-state index contributed by atoms with van der Waals surface area (Å²) in [4.78, 5) is 42.4. The molecule has 1 spiro atoms. The summed E-state index contributed by atoms with van der Waals surface area (Å²) in [6.07, 6.45) is -0.777. The van der Waals surface area contributed by atoms with Gasteiger partial charge in [0.2, 0.25) is 17.7 Å². The van der Waals surface area contributed by atoms with Gasteiger partial charge in [-0.1, -0.05) is 5.16 Å². The highest BCUT2D eigenvalue weighted by Gasteiger charge is 2.47. The Labute approximate surface area is 176 Å². The van der Waals surface area contributed by atoms with Crippen LogP contribution in [0.4, 0.5) is 18.4 Å². The quantitative estimate of drug-likeness (QED) is 0.545. The van der Waals surface area contributed by atoms with Crippen molar-refractivity contribution in [3.63, 3.8) is 0 Å². The highest BCUT2D eigenvalue weighted by Crippen LogP contribution is 2.36. The van der Waals surface area contributed by atoms with E-state index in [9.17, 15) is 23.2 Å². The maximum atomic E-state index is 13.6. The second kappa shape index (κ2) is 8.16. The number of oxime groups is 1. The number of carboxylic acid groups (broad SMARTS) is 1. The van der Waals surface area contributed by atoms with Crippen LogP contribution in [0.2, 0.25) is 0 Å². The van der Waals surface area contributed by atoms with E-state index < -0.39 is 47.6 Å². The molecule has 0 aromatic carbocycles. The summed E-state index contributed by atoms with van der Waals surface area (Å²) < 4.78 is 31.7. The molecule has 2 aliphatic heterocycles. The van der Waals surface area contributed by atoms with Gasteiger partial charge < -0.3 is 30.2 Å². The third kappa shape index (κ3) is 5.71. The third-order valence-corrected chi connectivity index (χ3v) is 5.48. The molecule has 1 saturated carbocycles. The molecular weight excluding hydrogens is 420 g/mol. The lowest BCUT2D eigenvalue weighted by Gasteiger charge is -2.37. The molecule has 2 heterocycles. The van der Waals surface area contributed by atoms with Crippen LogP contribution < -0.4 is 10.6 Å². The van der Waals surface area contributed by atoms with Gasteiger partial charge in [0.15, 0.2) is 0 Å². The largest absolute Gasteiger partial charge is 0.512 e. The summed E-state index contributed by atoms with van der Waals surface area (Å²) in [6, 6.07) is -0.250. The van der Waals surface area contributed by atoms with Gasteiger partial charge in [0.25, 0.3) is 0 Å². The summed E-state index contributed by atoms with van der Waals surface area (Å²) >= 11 is 0. The number of nitrogens with one attached hydrogen (secondary N) is 2. The molecule has 2 fully saturated rings. The fourth-order valence-corrected chi connectivity index (χ4v) is 3.55. The first-order valence-electron chi connectivity index (χ1n) is 9.77. The molecular formula is C18H23F2N5O6. The number of likely N-dealkylation sites (tertiary alicyclic amines) is 1. The minimum absolute atomic E-state index is 0.0705. The van der Waals surface area contributed by atoms with Crippen molar-refractivity contribution < 1.29 is 37.8 Å². The highest BCUT2D eigenvalue weighted by atomic mass is 19.3. The zero-order valence-corrected chi connectivity index (χ0v) is 16.8. The number of carbonyl (C=O) groups is 3. The molecule has 170 valence electrons. The first-order valence-corrected chi connectivity index (χ1v) is 9.77. The summed E-state index contributed by atoms with van der Waals surface area (Å²) in [7, 11) is 0. The van der Waals surface area contributed by atoms with Crippen LogP contribution in [0.25, 0.3) is 0 Å². The second-order valence-electron chi connectivity index (χ2n) is 8.25. The van der Waals surface area contributed by atoms with E-state index in [1.165, 1.54) is 4.90 Å². The maximum absolute atomic E-state index is 13.6. The molecule has 3 aliphatic rings. The zero-order valence-electron chi connectivity index (χ0n) is 16.8. The average molecular weight is 443 g/mol. The standard InChI is InChI=1S/C18H23F2N5O6/c1-16(19,20)8-11(13(26)23-17(10-21)2-3-17)22-14(27)25-6-4-18(5-7-25)9-12(24-31-18)30-15(28)29/h11H,2-9H2,1H3,(H,22,27)(H,23,26)(H,28,29)/t11-/m0/s1. The van der Waals surface area contributed by atoms with Crippen LogP contribution in [-0.4, -0.2) is 70.2 Å². The molecule has 3 N–H and O–H groups in total. The van der Waals surface area contributed by atoms with Gasteiger partial charge in [-0.2, -0.15) is 5.26 Å². The van der Waals surface area contributed by atoms with Crippen molar-refractivity contribution in [2.24, 2.45) is 5.16 Å². The fraction of sp³-hybridized carbons (Fsp3) is 0.722. The van der Waals surface area contributed by atoms with Gasteiger partial charge in [0, 0.05) is 32.4 Å². The molecule has 0 unspecified atom stereocenters.